The third-order valence-electron chi connectivity index (χ3n) is 4.70. The molecule has 0 heterocycles. The molecule has 10 heteroatoms. The number of carbonyl (C=O) groups is 1. The lowest BCUT2D eigenvalue weighted by atomic mass is 10.1. The number of nitrogens with one attached hydrogen (secondary N) is 1. The zero-order valence-corrected chi connectivity index (χ0v) is 19.7. The number of anilines is 1. The van der Waals surface area contributed by atoms with Crippen LogP contribution in [-0.2, 0) is 24.7 Å². The summed E-state index contributed by atoms with van der Waals surface area (Å²) in [7, 11) is -5.37. The second-order valence-corrected chi connectivity index (χ2v) is 11.2. The Hall–Kier alpha value is -2.59. The van der Waals surface area contributed by atoms with Gasteiger partial charge in [-0.25, -0.2) is 16.8 Å². The Morgan fingerprint density at radius 3 is 2.19 bits per heavy atom. The molecule has 0 fully saturated rings. The Labute approximate surface area is 184 Å². The highest BCUT2D eigenvalue weighted by Crippen LogP contribution is 2.29. The van der Waals surface area contributed by atoms with Crippen LogP contribution >= 0.6 is 0 Å². The molecule has 0 spiro atoms. The Morgan fingerprint density at radius 1 is 1.03 bits per heavy atom. The Bertz CT molecular complexity index is 1110. The van der Waals surface area contributed by atoms with Gasteiger partial charge >= 0.3 is 0 Å². The number of sulfone groups is 1. The van der Waals surface area contributed by atoms with Crippen molar-refractivity contribution in [2.24, 2.45) is 0 Å². The number of carbonyl (C=O) groups excluding carboxylic acids is 1. The van der Waals surface area contributed by atoms with Crippen molar-refractivity contribution in [1.82, 2.24) is 5.32 Å². The van der Waals surface area contributed by atoms with Crippen molar-refractivity contribution < 1.29 is 26.4 Å². The molecule has 31 heavy (non-hydrogen) atoms. The van der Waals surface area contributed by atoms with Gasteiger partial charge in [-0.2, -0.15) is 0 Å². The summed E-state index contributed by atoms with van der Waals surface area (Å²) in [5.41, 5.74) is 1.19. The summed E-state index contributed by atoms with van der Waals surface area (Å²) in [4.78, 5) is 12.6. The first-order valence-electron chi connectivity index (χ1n) is 9.63. The molecule has 0 aliphatic heterocycles. The molecule has 0 aromatic heterocycles. The largest absolute Gasteiger partial charge is 0.495 e. The van der Waals surface area contributed by atoms with Crippen LogP contribution in [0.4, 0.5) is 5.69 Å². The van der Waals surface area contributed by atoms with Crippen LogP contribution < -0.4 is 14.4 Å². The summed E-state index contributed by atoms with van der Waals surface area (Å²) < 4.78 is 54.1. The van der Waals surface area contributed by atoms with Crippen molar-refractivity contribution in [3.8, 4) is 5.75 Å². The van der Waals surface area contributed by atoms with Gasteiger partial charge in [-0.1, -0.05) is 24.3 Å². The normalized spacial score (nSPS) is 12.8. The number of hydrogen-bond donors (Lipinski definition) is 1. The van der Waals surface area contributed by atoms with E-state index in [0.717, 1.165) is 18.1 Å². The number of rotatable bonds is 10. The van der Waals surface area contributed by atoms with Gasteiger partial charge in [-0.05, 0) is 43.2 Å². The first-order chi connectivity index (χ1) is 14.4. The molecular weight excluding hydrogens is 440 g/mol. The quantitative estimate of drug-likeness (QED) is 0.574. The standard InChI is InChI=1S/C21H28N2O6S2/c1-16(17-11-13-18(14-12-17)30(3,25)26)22-21(24)10-7-15-23(31(4,27)28)19-8-5-6-9-20(19)29-2/h5-6,8-9,11-14,16H,7,10,15H2,1-4H3,(H,22,24). The predicted molar refractivity (Wildman–Crippen MR) is 121 cm³/mol. The first-order valence-corrected chi connectivity index (χ1v) is 13.4. The number of ether oxygens (including phenoxy) is 1. The number of nitrogens with zero attached hydrogens (tertiary/aromatic N) is 1. The molecule has 2 aromatic carbocycles. The maximum Gasteiger partial charge on any atom is 0.232 e. The number of para-hydroxylation sites is 2. The van der Waals surface area contributed by atoms with Crippen LogP contribution in [0, 0.1) is 0 Å². The summed E-state index contributed by atoms with van der Waals surface area (Å²) in [5, 5.41) is 2.85. The van der Waals surface area contributed by atoms with Crippen molar-refractivity contribution in [3.05, 3.63) is 54.1 Å². The predicted octanol–water partition coefficient (Wildman–Crippen LogP) is 2.52. The highest BCUT2D eigenvalue weighted by molar-refractivity contribution is 7.92. The van der Waals surface area contributed by atoms with E-state index >= 15 is 0 Å². The van der Waals surface area contributed by atoms with E-state index < -0.39 is 19.9 Å². The van der Waals surface area contributed by atoms with Crippen LogP contribution in [0.3, 0.4) is 0 Å². The number of methoxy groups -OCH3 is 1. The lowest BCUT2D eigenvalue weighted by Crippen LogP contribution is -2.32. The second-order valence-electron chi connectivity index (χ2n) is 7.24. The van der Waals surface area contributed by atoms with Gasteiger partial charge in [-0.15, -0.1) is 0 Å². The summed E-state index contributed by atoms with van der Waals surface area (Å²) in [6.45, 7) is 1.93. The third kappa shape index (κ3) is 6.96. The summed E-state index contributed by atoms with van der Waals surface area (Å²) in [6.07, 6.45) is 2.70. The minimum absolute atomic E-state index is 0.129. The molecule has 0 bridgehead atoms. The fourth-order valence-electron chi connectivity index (χ4n) is 3.08. The SMILES string of the molecule is COc1ccccc1N(CCCC(=O)NC(C)c1ccc(S(C)(=O)=O)cc1)S(C)(=O)=O. The van der Waals surface area contributed by atoms with Crippen LogP contribution in [0.15, 0.2) is 53.4 Å². The zero-order valence-electron chi connectivity index (χ0n) is 18.0. The lowest BCUT2D eigenvalue weighted by Gasteiger charge is -2.24. The maximum absolute atomic E-state index is 12.3. The molecule has 0 aliphatic rings. The smallest absolute Gasteiger partial charge is 0.232 e. The van der Waals surface area contributed by atoms with E-state index in [1.54, 1.807) is 43.3 Å². The molecule has 0 saturated heterocycles. The van der Waals surface area contributed by atoms with Crippen molar-refractivity contribution in [1.29, 1.82) is 0 Å². The highest BCUT2D eigenvalue weighted by atomic mass is 32.2. The van der Waals surface area contributed by atoms with Gasteiger partial charge in [0, 0.05) is 19.2 Å². The van der Waals surface area contributed by atoms with Gasteiger partial charge in [0.05, 0.1) is 30.0 Å². The Morgan fingerprint density at radius 2 is 1.65 bits per heavy atom. The number of sulfonamides is 1. The fourth-order valence-corrected chi connectivity index (χ4v) is 4.68. The average Bonchev–Trinajstić information content (AvgIpc) is 2.69. The number of hydrogen-bond acceptors (Lipinski definition) is 6. The molecule has 1 unspecified atom stereocenters. The number of amides is 1. The van der Waals surface area contributed by atoms with E-state index in [1.807, 2.05) is 0 Å². The van der Waals surface area contributed by atoms with E-state index in [-0.39, 0.29) is 29.8 Å². The van der Waals surface area contributed by atoms with Gasteiger partial charge in [0.2, 0.25) is 15.9 Å². The molecule has 1 N–H and O–H groups in total. The second kappa shape index (κ2) is 10.1. The van der Waals surface area contributed by atoms with Crippen LogP contribution in [-0.4, -0.2) is 48.9 Å². The molecule has 2 aromatic rings. The molecule has 1 atom stereocenters. The van der Waals surface area contributed by atoms with Gasteiger partial charge in [0.1, 0.15) is 5.75 Å². The average molecular weight is 469 g/mol. The molecule has 0 saturated carbocycles. The van der Waals surface area contributed by atoms with Crippen molar-refractivity contribution in [3.63, 3.8) is 0 Å². The summed E-state index contributed by atoms with van der Waals surface area (Å²) >= 11 is 0. The van der Waals surface area contributed by atoms with Crippen LogP contribution in [0.1, 0.15) is 31.4 Å². The minimum Gasteiger partial charge on any atom is -0.495 e. The van der Waals surface area contributed by atoms with Gasteiger partial charge in [0.15, 0.2) is 9.84 Å². The molecule has 170 valence electrons. The van der Waals surface area contributed by atoms with Gasteiger partial charge in [0.25, 0.3) is 0 Å². The Balaban J connectivity index is 1.98. The van der Waals surface area contributed by atoms with Crippen molar-refractivity contribution in [2.45, 2.75) is 30.7 Å². The third-order valence-corrected chi connectivity index (χ3v) is 7.01. The lowest BCUT2D eigenvalue weighted by molar-refractivity contribution is -0.121. The zero-order chi connectivity index (χ0) is 23.2. The molecule has 1 amide bonds. The van der Waals surface area contributed by atoms with Crippen LogP contribution in [0.5, 0.6) is 5.75 Å². The molecule has 0 radical (unpaired) electrons. The van der Waals surface area contributed by atoms with E-state index in [9.17, 15) is 21.6 Å². The van der Waals surface area contributed by atoms with Crippen LogP contribution in [0.2, 0.25) is 0 Å². The first kappa shape index (κ1) is 24.7. The fraction of sp³-hybridized carbons (Fsp3) is 0.381. The molecule has 8 nitrogen and oxygen atoms in total. The highest BCUT2D eigenvalue weighted by Gasteiger charge is 2.21. The van der Waals surface area contributed by atoms with Crippen LogP contribution in [0.25, 0.3) is 0 Å². The van der Waals surface area contributed by atoms with E-state index in [1.165, 1.54) is 23.5 Å². The maximum atomic E-state index is 12.3. The number of benzene rings is 2. The summed E-state index contributed by atoms with van der Waals surface area (Å²) in [5.74, 6) is 0.205. The topological polar surface area (TPSA) is 110 Å². The molecular formula is C21H28N2O6S2. The van der Waals surface area contributed by atoms with E-state index in [2.05, 4.69) is 5.32 Å². The summed E-state index contributed by atoms with van der Waals surface area (Å²) in [6, 6.07) is 12.8. The minimum atomic E-state index is -3.56. The monoisotopic (exact) mass is 468 g/mol. The van der Waals surface area contributed by atoms with Crippen molar-refractivity contribution in [2.75, 3.05) is 30.5 Å². The van der Waals surface area contributed by atoms with Gasteiger partial charge < -0.3 is 10.1 Å². The van der Waals surface area contributed by atoms with Gasteiger partial charge in [-0.3, -0.25) is 9.10 Å². The Kier molecular flexibility index (Phi) is 8.08. The van der Waals surface area contributed by atoms with E-state index in [0.29, 0.717) is 17.9 Å². The van der Waals surface area contributed by atoms with E-state index in [4.69, 9.17) is 4.74 Å². The van der Waals surface area contributed by atoms with Crippen molar-refractivity contribution >= 4 is 31.5 Å². The molecule has 2 rings (SSSR count). The molecule has 0 aliphatic carbocycles.